The minimum Gasteiger partial charge on any atom is -0.461 e. The van der Waals surface area contributed by atoms with Gasteiger partial charge >= 0.3 is 5.97 Å². The standard InChI is InChI=1S/C18H18O2S/c19-17-13-7-12-16(20-17)18(14-8-3-1-4-9-14)21-15-10-5-2-6-11-15/h1-6,8-11,16,18H,7,12-13H2/t16-,18+/m1/s1. The second kappa shape index (κ2) is 6.81. The highest BCUT2D eigenvalue weighted by molar-refractivity contribution is 7.99. The highest BCUT2D eigenvalue weighted by Gasteiger charge is 2.30. The maximum absolute atomic E-state index is 11.6. The van der Waals surface area contributed by atoms with Crippen molar-refractivity contribution in [2.75, 3.05) is 0 Å². The van der Waals surface area contributed by atoms with Gasteiger partial charge in [0.25, 0.3) is 0 Å². The molecule has 1 aliphatic rings. The summed E-state index contributed by atoms with van der Waals surface area (Å²) in [5.74, 6) is -0.0687. The van der Waals surface area contributed by atoms with Crippen LogP contribution in [-0.2, 0) is 9.53 Å². The van der Waals surface area contributed by atoms with Crippen LogP contribution in [0.2, 0.25) is 0 Å². The zero-order chi connectivity index (χ0) is 14.5. The molecule has 1 fully saturated rings. The molecule has 1 aliphatic heterocycles. The van der Waals surface area contributed by atoms with Gasteiger partial charge in [0.05, 0.1) is 5.25 Å². The molecular weight excluding hydrogens is 280 g/mol. The van der Waals surface area contributed by atoms with Gasteiger partial charge in [-0.3, -0.25) is 4.79 Å². The predicted molar refractivity (Wildman–Crippen MR) is 85.2 cm³/mol. The first-order chi connectivity index (χ1) is 10.3. The fraction of sp³-hybridized carbons (Fsp3) is 0.278. The molecule has 0 aromatic heterocycles. The van der Waals surface area contributed by atoms with E-state index in [2.05, 4.69) is 24.3 Å². The molecule has 0 bridgehead atoms. The minimum atomic E-state index is -0.0687. The smallest absolute Gasteiger partial charge is 0.306 e. The van der Waals surface area contributed by atoms with E-state index in [1.54, 1.807) is 11.8 Å². The largest absolute Gasteiger partial charge is 0.461 e. The monoisotopic (exact) mass is 298 g/mol. The molecular formula is C18H18O2S. The third-order valence-corrected chi connectivity index (χ3v) is 5.00. The zero-order valence-electron chi connectivity index (χ0n) is 11.8. The zero-order valence-corrected chi connectivity index (χ0v) is 12.6. The molecule has 0 radical (unpaired) electrons. The first-order valence-electron chi connectivity index (χ1n) is 7.29. The summed E-state index contributed by atoms with van der Waals surface area (Å²) in [6.45, 7) is 0. The first kappa shape index (κ1) is 14.2. The van der Waals surface area contributed by atoms with E-state index in [9.17, 15) is 4.79 Å². The lowest BCUT2D eigenvalue weighted by Gasteiger charge is -2.30. The van der Waals surface area contributed by atoms with Crippen LogP contribution in [0.4, 0.5) is 0 Å². The van der Waals surface area contributed by atoms with Crippen LogP contribution in [0.1, 0.15) is 30.1 Å². The molecule has 2 aromatic carbocycles. The second-order valence-electron chi connectivity index (χ2n) is 5.18. The average Bonchev–Trinajstić information content (AvgIpc) is 2.54. The summed E-state index contributed by atoms with van der Waals surface area (Å²) in [6.07, 6.45) is 2.36. The summed E-state index contributed by atoms with van der Waals surface area (Å²) in [4.78, 5) is 12.8. The Balaban J connectivity index is 1.85. The van der Waals surface area contributed by atoms with Crippen molar-refractivity contribution in [1.82, 2.24) is 0 Å². The number of ether oxygens (including phenoxy) is 1. The van der Waals surface area contributed by atoms with E-state index in [1.807, 2.05) is 36.4 Å². The van der Waals surface area contributed by atoms with Gasteiger partial charge < -0.3 is 4.74 Å². The Morgan fingerprint density at radius 3 is 2.33 bits per heavy atom. The maximum Gasteiger partial charge on any atom is 0.306 e. The maximum atomic E-state index is 11.6. The number of carbonyl (C=O) groups is 1. The van der Waals surface area contributed by atoms with Crippen LogP contribution in [0.5, 0.6) is 0 Å². The summed E-state index contributed by atoms with van der Waals surface area (Å²) in [5, 5.41) is 0.151. The number of carbonyl (C=O) groups excluding carboxylic acids is 1. The minimum absolute atomic E-state index is 0.0427. The van der Waals surface area contributed by atoms with Crippen LogP contribution < -0.4 is 0 Å². The molecule has 108 valence electrons. The van der Waals surface area contributed by atoms with Crippen molar-refractivity contribution >= 4 is 17.7 Å². The quantitative estimate of drug-likeness (QED) is 0.609. The normalized spacial score (nSPS) is 19.8. The molecule has 0 saturated carbocycles. The SMILES string of the molecule is O=C1CCC[C@H]([C@@H](Sc2ccccc2)c2ccccc2)O1. The van der Waals surface area contributed by atoms with Gasteiger partial charge in [-0.15, -0.1) is 11.8 Å². The van der Waals surface area contributed by atoms with Crippen molar-refractivity contribution < 1.29 is 9.53 Å². The summed E-state index contributed by atoms with van der Waals surface area (Å²) < 4.78 is 5.62. The third kappa shape index (κ3) is 3.67. The van der Waals surface area contributed by atoms with Crippen LogP contribution in [0.3, 0.4) is 0 Å². The van der Waals surface area contributed by atoms with Crippen LogP contribution in [0.25, 0.3) is 0 Å². The van der Waals surface area contributed by atoms with Gasteiger partial charge in [-0.25, -0.2) is 0 Å². The Bertz CT molecular complexity index is 583. The van der Waals surface area contributed by atoms with Gasteiger partial charge in [0.15, 0.2) is 0 Å². The number of thioether (sulfide) groups is 1. The third-order valence-electron chi connectivity index (χ3n) is 3.62. The number of hydrogen-bond acceptors (Lipinski definition) is 3. The second-order valence-corrected chi connectivity index (χ2v) is 6.40. The van der Waals surface area contributed by atoms with E-state index in [4.69, 9.17) is 4.74 Å². The van der Waals surface area contributed by atoms with Gasteiger partial charge in [-0.05, 0) is 30.5 Å². The summed E-state index contributed by atoms with van der Waals surface area (Å²) in [5.41, 5.74) is 1.21. The number of esters is 1. The first-order valence-corrected chi connectivity index (χ1v) is 8.17. The lowest BCUT2D eigenvalue weighted by molar-refractivity contribution is -0.153. The number of benzene rings is 2. The molecule has 3 rings (SSSR count). The molecule has 0 spiro atoms. The molecule has 0 N–H and O–H groups in total. The Labute approximate surface area is 129 Å². The predicted octanol–water partition coefficient (Wildman–Crippen LogP) is 4.62. The molecule has 0 aliphatic carbocycles. The molecule has 1 saturated heterocycles. The molecule has 0 amide bonds. The molecule has 3 heteroatoms. The average molecular weight is 298 g/mol. The van der Waals surface area contributed by atoms with Gasteiger partial charge in [0, 0.05) is 11.3 Å². The lowest BCUT2D eigenvalue weighted by Crippen LogP contribution is -2.28. The van der Waals surface area contributed by atoms with E-state index in [-0.39, 0.29) is 17.3 Å². The Morgan fingerprint density at radius 1 is 1.00 bits per heavy atom. The van der Waals surface area contributed by atoms with Crippen molar-refractivity contribution in [2.24, 2.45) is 0 Å². The summed E-state index contributed by atoms with van der Waals surface area (Å²) >= 11 is 1.77. The van der Waals surface area contributed by atoms with Gasteiger partial charge in [-0.2, -0.15) is 0 Å². The van der Waals surface area contributed by atoms with E-state index in [1.165, 1.54) is 10.5 Å². The van der Waals surface area contributed by atoms with Crippen LogP contribution >= 0.6 is 11.8 Å². The van der Waals surface area contributed by atoms with Gasteiger partial charge in [-0.1, -0.05) is 48.5 Å². The van der Waals surface area contributed by atoms with Crippen LogP contribution in [0.15, 0.2) is 65.6 Å². The molecule has 21 heavy (non-hydrogen) atoms. The molecule has 1 heterocycles. The van der Waals surface area contributed by atoms with Crippen molar-refractivity contribution in [3.05, 3.63) is 66.2 Å². The fourth-order valence-corrected chi connectivity index (χ4v) is 3.84. The molecule has 2 atom stereocenters. The Kier molecular flexibility index (Phi) is 4.61. The molecule has 2 aromatic rings. The Morgan fingerprint density at radius 2 is 1.67 bits per heavy atom. The van der Waals surface area contributed by atoms with Gasteiger partial charge in [0.1, 0.15) is 6.10 Å². The van der Waals surface area contributed by atoms with Crippen molar-refractivity contribution in [2.45, 2.75) is 35.5 Å². The van der Waals surface area contributed by atoms with Crippen molar-refractivity contribution in [3.8, 4) is 0 Å². The number of cyclic esters (lactones) is 1. The highest BCUT2D eigenvalue weighted by atomic mass is 32.2. The summed E-state index contributed by atoms with van der Waals surface area (Å²) in [7, 11) is 0. The highest BCUT2D eigenvalue weighted by Crippen LogP contribution is 2.41. The van der Waals surface area contributed by atoms with Crippen molar-refractivity contribution in [3.63, 3.8) is 0 Å². The van der Waals surface area contributed by atoms with Crippen LogP contribution in [-0.4, -0.2) is 12.1 Å². The van der Waals surface area contributed by atoms with E-state index in [0.29, 0.717) is 6.42 Å². The molecule has 0 unspecified atom stereocenters. The fourth-order valence-electron chi connectivity index (χ4n) is 2.59. The summed E-state index contributed by atoms with van der Waals surface area (Å²) in [6, 6.07) is 20.6. The number of hydrogen-bond donors (Lipinski definition) is 0. The van der Waals surface area contributed by atoms with Crippen molar-refractivity contribution in [1.29, 1.82) is 0 Å². The van der Waals surface area contributed by atoms with E-state index >= 15 is 0 Å². The van der Waals surface area contributed by atoms with Gasteiger partial charge in [0.2, 0.25) is 0 Å². The van der Waals surface area contributed by atoms with E-state index < -0.39 is 0 Å². The Hall–Kier alpha value is -1.74. The topological polar surface area (TPSA) is 26.3 Å². The number of rotatable bonds is 4. The molecule has 2 nitrogen and oxygen atoms in total. The van der Waals surface area contributed by atoms with Crippen LogP contribution in [0, 0.1) is 0 Å². The lowest BCUT2D eigenvalue weighted by atomic mass is 10.0. The van der Waals surface area contributed by atoms with E-state index in [0.717, 1.165) is 12.8 Å².